The fourth-order valence-corrected chi connectivity index (χ4v) is 2.06. The van der Waals surface area contributed by atoms with Crippen LogP contribution >= 0.6 is 15.9 Å². The van der Waals surface area contributed by atoms with Crippen molar-refractivity contribution >= 4 is 28.0 Å². The zero-order chi connectivity index (χ0) is 15.5. The molecule has 1 amide bonds. The molecule has 116 valence electrons. The van der Waals surface area contributed by atoms with E-state index in [1.54, 1.807) is 12.4 Å². The van der Waals surface area contributed by atoms with E-state index in [1.807, 2.05) is 20.8 Å². The Morgan fingerprint density at radius 3 is 2.57 bits per heavy atom. The van der Waals surface area contributed by atoms with Gasteiger partial charge < -0.3 is 20.1 Å². The minimum absolute atomic E-state index is 0.0984. The third-order valence-corrected chi connectivity index (χ3v) is 3.13. The van der Waals surface area contributed by atoms with Crippen molar-refractivity contribution in [1.82, 2.24) is 15.3 Å². The predicted octanol–water partition coefficient (Wildman–Crippen LogP) is 1.94. The Labute approximate surface area is 132 Å². The lowest BCUT2D eigenvalue weighted by molar-refractivity contribution is 0.0497. The number of hydrogen-bond donors (Lipinski definition) is 2. The largest absolute Gasteiger partial charge is 0.444 e. The molecule has 21 heavy (non-hydrogen) atoms. The lowest BCUT2D eigenvalue weighted by Crippen LogP contribution is -2.47. The quantitative estimate of drug-likeness (QED) is 0.858. The molecule has 1 saturated heterocycles. The summed E-state index contributed by atoms with van der Waals surface area (Å²) >= 11 is 3.28. The lowest BCUT2D eigenvalue weighted by Gasteiger charge is -2.24. The van der Waals surface area contributed by atoms with Crippen LogP contribution in [0.25, 0.3) is 0 Å². The van der Waals surface area contributed by atoms with Gasteiger partial charge in [-0.1, -0.05) is 0 Å². The molecule has 0 radical (unpaired) electrons. The van der Waals surface area contributed by atoms with Gasteiger partial charge in [0.05, 0.1) is 29.8 Å². The molecule has 2 unspecified atom stereocenters. The molecule has 0 aliphatic carbocycles. The molecule has 2 atom stereocenters. The summed E-state index contributed by atoms with van der Waals surface area (Å²) in [5.74, 6) is 0.490. The number of nitrogens with one attached hydrogen (secondary N) is 2. The number of halogens is 1. The van der Waals surface area contributed by atoms with Gasteiger partial charge in [0, 0.05) is 12.4 Å². The Hall–Kier alpha value is -1.41. The number of alkyl carbamates (subject to hydrolysis) is 1. The van der Waals surface area contributed by atoms with Crippen molar-refractivity contribution in [1.29, 1.82) is 0 Å². The van der Waals surface area contributed by atoms with Crippen molar-refractivity contribution in [3.8, 4) is 0 Å². The Balaban J connectivity index is 1.91. The lowest BCUT2D eigenvalue weighted by atomic mass is 10.2. The van der Waals surface area contributed by atoms with Crippen molar-refractivity contribution in [2.24, 2.45) is 0 Å². The average molecular weight is 359 g/mol. The van der Waals surface area contributed by atoms with Crippen LogP contribution in [-0.2, 0) is 9.47 Å². The molecule has 1 aromatic heterocycles. The number of nitrogens with zero attached hydrogens (tertiary/aromatic N) is 2. The summed E-state index contributed by atoms with van der Waals surface area (Å²) in [6, 6.07) is -0.286. The maximum absolute atomic E-state index is 11.8. The average Bonchev–Trinajstić information content (AvgIpc) is 2.77. The molecule has 0 bridgehead atoms. The van der Waals surface area contributed by atoms with Gasteiger partial charge in [0.2, 0.25) is 5.95 Å². The smallest absolute Gasteiger partial charge is 0.408 e. The first-order chi connectivity index (χ1) is 9.83. The van der Waals surface area contributed by atoms with E-state index >= 15 is 0 Å². The van der Waals surface area contributed by atoms with Gasteiger partial charge in [-0.05, 0) is 36.7 Å². The van der Waals surface area contributed by atoms with E-state index in [0.29, 0.717) is 19.2 Å². The van der Waals surface area contributed by atoms with E-state index in [1.165, 1.54) is 0 Å². The van der Waals surface area contributed by atoms with Gasteiger partial charge in [0.15, 0.2) is 0 Å². The molecule has 0 saturated carbocycles. The summed E-state index contributed by atoms with van der Waals surface area (Å²) in [5, 5.41) is 5.95. The highest BCUT2D eigenvalue weighted by Crippen LogP contribution is 2.14. The summed E-state index contributed by atoms with van der Waals surface area (Å²) in [4.78, 5) is 20.1. The van der Waals surface area contributed by atoms with Crippen LogP contribution in [0.3, 0.4) is 0 Å². The molecule has 0 aromatic carbocycles. The summed E-state index contributed by atoms with van der Waals surface area (Å²) in [6.45, 7) is 6.36. The van der Waals surface area contributed by atoms with Gasteiger partial charge in [-0.3, -0.25) is 0 Å². The fraction of sp³-hybridized carbons (Fsp3) is 0.615. The summed E-state index contributed by atoms with van der Waals surface area (Å²) < 4.78 is 11.4. The zero-order valence-corrected chi connectivity index (χ0v) is 13.8. The van der Waals surface area contributed by atoms with Crippen molar-refractivity contribution in [2.75, 3.05) is 18.5 Å². The highest BCUT2D eigenvalue weighted by atomic mass is 79.9. The second-order valence-electron chi connectivity index (χ2n) is 5.77. The summed E-state index contributed by atoms with van der Waals surface area (Å²) in [6.07, 6.45) is 2.85. The molecule has 1 aliphatic rings. The summed E-state index contributed by atoms with van der Waals surface area (Å²) in [5.41, 5.74) is -0.526. The monoisotopic (exact) mass is 358 g/mol. The first-order valence-electron chi connectivity index (χ1n) is 6.65. The molecular weight excluding hydrogens is 340 g/mol. The molecule has 1 fully saturated rings. The second kappa shape index (κ2) is 6.57. The molecule has 1 aromatic rings. The SMILES string of the molecule is CC(C)(C)OC(=O)NC1COCC1Nc1ncc(Br)cn1. The van der Waals surface area contributed by atoms with Crippen LogP contribution in [0.4, 0.5) is 10.7 Å². The van der Waals surface area contributed by atoms with Crippen molar-refractivity contribution in [3.63, 3.8) is 0 Å². The normalized spacial score (nSPS) is 21.9. The van der Waals surface area contributed by atoms with Crippen LogP contribution < -0.4 is 10.6 Å². The van der Waals surface area contributed by atoms with E-state index in [0.717, 1.165) is 4.47 Å². The molecule has 8 heteroatoms. The maximum Gasteiger partial charge on any atom is 0.408 e. The zero-order valence-electron chi connectivity index (χ0n) is 12.2. The van der Waals surface area contributed by atoms with Crippen LogP contribution in [0.2, 0.25) is 0 Å². The summed E-state index contributed by atoms with van der Waals surface area (Å²) in [7, 11) is 0. The Morgan fingerprint density at radius 2 is 1.95 bits per heavy atom. The predicted molar refractivity (Wildman–Crippen MR) is 81.1 cm³/mol. The van der Waals surface area contributed by atoms with Gasteiger partial charge in [-0.2, -0.15) is 0 Å². The van der Waals surface area contributed by atoms with Gasteiger partial charge in [-0.15, -0.1) is 0 Å². The van der Waals surface area contributed by atoms with E-state index in [2.05, 4.69) is 36.5 Å². The number of rotatable bonds is 3. The third kappa shape index (κ3) is 5.13. The first kappa shape index (κ1) is 16.0. The molecule has 2 N–H and O–H groups in total. The van der Waals surface area contributed by atoms with Crippen molar-refractivity contribution in [2.45, 2.75) is 38.5 Å². The van der Waals surface area contributed by atoms with E-state index in [-0.39, 0.29) is 12.1 Å². The van der Waals surface area contributed by atoms with E-state index in [9.17, 15) is 4.79 Å². The Morgan fingerprint density at radius 1 is 1.33 bits per heavy atom. The molecule has 2 rings (SSSR count). The van der Waals surface area contributed by atoms with Gasteiger partial charge in [-0.25, -0.2) is 14.8 Å². The van der Waals surface area contributed by atoms with Crippen LogP contribution in [0, 0.1) is 0 Å². The van der Waals surface area contributed by atoms with Crippen LogP contribution in [-0.4, -0.2) is 47.0 Å². The fourth-order valence-electron chi connectivity index (χ4n) is 1.85. The third-order valence-electron chi connectivity index (χ3n) is 2.72. The van der Waals surface area contributed by atoms with Gasteiger partial charge in [0.25, 0.3) is 0 Å². The standard InChI is InChI=1S/C13H19BrN4O3/c1-13(2,3)21-12(19)18-10-7-20-6-9(10)17-11-15-4-8(14)5-16-11/h4-5,9-10H,6-7H2,1-3H3,(H,18,19)(H,15,16,17). The van der Waals surface area contributed by atoms with Gasteiger partial charge in [0.1, 0.15) is 5.60 Å². The number of amides is 1. The number of aromatic nitrogens is 2. The van der Waals surface area contributed by atoms with Crippen molar-refractivity contribution < 1.29 is 14.3 Å². The molecule has 0 spiro atoms. The number of hydrogen-bond acceptors (Lipinski definition) is 6. The number of carbonyl (C=O) groups is 1. The second-order valence-corrected chi connectivity index (χ2v) is 6.68. The van der Waals surface area contributed by atoms with Crippen molar-refractivity contribution in [3.05, 3.63) is 16.9 Å². The molecular formula is C13H19BrN4O3. The molecule has 2 heterocycles. The highest BCUT2D eigenvalue weighted by molar-refractivity contribution is 9.10. The molecule has 1 aliphatic heterocycles. The van der Waals surface area contributed by atoms with Gasteiger partial charge >= 0.3 is 6.09 Å². The van der Waals surface area contributed by atoms with Crippen LogP contribution in [0.15, 0.2) is 16.9 Å². The number of anilines is 1. The minimum atomic E-state index is -0.526. The van der Waals surface area contributed by atoms with E-state index < -0.39 is 11.7 Å². The molecule has 7 nitrogen and oxygen atoms in total. The maximum atomic E-state index is 11.8. The van der Waals surface area contributed by atoms with Crippen LogP contribution in [0.5, 0.6) is 0 Å². The Kier molecular flexibility index (Phi) is 5.00. The number of ether oxygens (including phenoxy) is 2. The Bertz CT molecular complexity index is 489. The number of carbonyl (C=O) groups excluding carboxylic acids is 1. The van der Waals surface area contributed by atoms with E-state index in [4.69, 9.17) is 9.47 Å². The van der Waals surface area contributed by atoms with Crippen LogP contribution in [0.1, 0.15) is 20.8 Å². The first-order valence-corrected chi connectivity index (χ1v) is 7.44. The highest BCUT2D eigenvalue weighted by Gasteiger charge is 2.31. The topological polar surface area (TPSA) is 85.4 Å². The minimum Gasteiger partial charge on any atom is -0.444 e.